The number of aryl methyl sites for hydroxylation is 2. The average Bonchev–Trinajstić information content (AvgIpc) is 3.23. The normalized spacial score (nSPS) is 17.6. The molecule has 4 rings (SSSR count). The van der Waals surface area contributed by atoms with E-state index in [1.54, 1.807) is 0 Å². The van der Waals surface area contributed by atoms with Crippen LogP contribution in [0.4, 0.5) is 0 Å². The van der Waals surface area contributed by atoms with Crippen LogP contribution >= 0.6 is 0 Å². The van der Waals surface area contributed by atoms with E-state index in [9.17, 15) is 0 Å². The van der Waals surface area contributed by atoms with Gasteiger partial charge in [0.2, 0.25) is 11.8 Å². The maximum atomic E-state index is 5.88. The zero-order valence-corrected chi connectivity index (χ0v) is 14.8. The molecule has 0 radical (unpaired) electrons. The Hall–Kier alpha value is -2.54. The first-order chi connectivity index (χ1) is 12.2. The second kappa shape index (κ2) is 6.40. The van der Waals surface area contributed by atoms with Gasteiger partial charge in [0.15, 0.2) is 0 Å². The highest BCUT2D eigenvalue weighted by atomic mass is 16.4. The number of hydrogen-bond donors (Lipinski definition) is 0. The first kappa shape index (κ1) is 16.0. The third-order valence-corrected chi connectivity index (χ3v) is 4.94. The van der Waals surface area contributed by atoms with Crippen LogP contribution in [0.3, 0.4) is 0 Å². The summed E-state index contributed by atoms with van der Waals surface area (Å²) in [6.45, 7) is 5.51. The minimum absolute atomic E-state index is 0.0553. The van der Waals surface area contributed by atoms with Gasteiger partial charge in [-0.2, -0.15) is 0 Å². The Morgan fingerprint density at radius 2 is 1.92 bits per heavy atom. The molecule has 0 bridgehead atoms. The zero-order chi connectivity index (χ0) is 17.4. The van der Waals surface area contributed by atoms with Crippen molar-refractivity contribution in [2.24, 2.45) is 7.05 Å². The van der Waals surface area contributed by atoms with E-state index in [1.807, 2.05) is 25.5 Å². The molecule has 1 aliphatic heterocycles. The maximum absolute atomic E-state index is 5.88. The molecular weight excluding hydrogens is 316 g/mol. The molecule has 0 spiro atoms. The lowest BCUT2D eigenvalue weighted by Crippen LogP contribution is -2.34. The molecule has 3 heterocycles. The number of hydrogen-bond acceptors (Lipinski definition) is 6. The summed E-state index contributed by atoms with van der Waals surface area (Å²) in [5.41, 5.74) is 2.68. The van der Waals surface area contributed by atoms with Gasteiger partial charge in [-0.25, -0.2) is 0 Å². The summed E-state index contributed by atoms with van der Waals surface area (Å²) in [5, 5.41) is 16.9. The van der Waals surface area contributed by atoms with Crippen molar-refractivity contribution in [2.45, 2.75) is 45.8 Å². The molecule has 3 aromatic rings. The summed E-state index contributed by atoms with van der Waals surface area (Å²) in [4.78, 5) is 2.35. The molecule has 1 unspecified atom stereocenters. The van der Waals surface area contributed by atoms with Crippen LogP contribution < -0.4 is 0 Å². The quantitative estimate of drug-likeness (QED) is 0.727. The minimum Gasteiger partial charge on any atom is -0.424 e. The van der Waals surface area contributed by atoms with Crippen molar-refractivity contribution in [1.82, 2.24) is 29.9 Å². The summed E-state index contributed by atoms with van der Waals surface area (Å²) >= 11 is 0. The fourth-order valence-corrected chi connectivity index (χ4v) is 3.30. The van der Waals surface area contributed by atoms with E-state index in [4.69, 9.17) is 4.42 Å². The van der Waals surface area contributed by atoms with Crippen LogP contribution in [0.1, 0.15) is 47.5 Å². The first-order valence-corrected chi connectivity index (χ1v) is 8.63. The topological polar surface area (TPSA) is 72.9 Å². The Labute approximate surface area is 146 Å². The molecule has 7 nitrogen and oxygen atoms in total. The molecule has 0 N–H and O–H groups in total. The largest absolute Gasteiger partial charge is 0.424 e. The van der Waals surface area contributed by atoms with E-state index >= 15 is 0 Å². The second-order valence-corrected chi connectivity index (χ2v) is 6.50. The summed E-state index contributed by atoms with van der Waals surface area (Å²) in [6, 6.07) is 8.60. The number of aromatic nitrogens is 5. The van der Waals surface area contributed by atoms with Crippen LogP contribution in [0.25, 0.3) is 0 Å². The highest BCUT2D eigenvalue weighted by Crippen LogP contribution is 2.33. The Balaban J connectivity index is 1.68. The minimum atomic E-state index is 0.0553. The summed E-state index contributed by atoms with van der Waals surface area (Å²) < 4.78 is 7.91. The molecule has 130 valence electrons. The fourth-order valence-electron chi connectivity index (χ4n) is 3.30. The molecule has 2 aromatic heterocycles. The van der Waals surface area contributed by atoms with Gasteiger partial charge >= 0.3 is 0 Å². The Kier molecular flexibility index (Phi) is 4.09. The van der Waals surface area contributed by atoms with Crippen LogP contribution in [0.15, 0.2) is 28.7 Å². The highest BCUT2D eigenvalue weighted by Gasteiger charge is 2.32. The number of benzene rings is 1. The molecule has 7 heteroatoms. The molecule has 0 saturated carbocycles. The number of rotatable bonds is 4. The predicted molar refractivity (Wildman–Crippen MR) is 91.6 cm³/mol. The van der Waals surface area contributed by atoms with Gasteiger partial charge < -0.3 is 8.98 Å². The van der Waals surface area contributed by atoms with Gasteiger partial charge in [-0.15, -0.1) is 20.4 Å². The van der Waals surface area contributed by atoms with Gasteiger partial charge in [0, 0.05) is 20.0 Å². The molecule has 1 aliphatic rings. The number of nitrogens with zero attached hydrogens (tertiary/aromatic N) is 6. The lowest BCUT2D eigenvalue weighted by Gasteiger charge is -2.34. The number of fused-ring (bicyclic) bond motifs is 1. The summed E-state index contributed by atoms with van der Waals surface area (Å²) in [5.74, 6) is 3.22. The Morgan fingerprint density at radius 1 is 1.12 bits per heavy atom. The van der Waals surface area contributed by atoms with Gasteiger partial charge in [0.25, 0.3) is 0 Å². The molecule has 1 atom stereocenters. The molecule has 0 saturated heterocycles. The van der Waals surface area contributed by atoms with Gasteiger partial charge in [-0.05, 0) is 24.5 Å². The summed E-state index contributed by atoms with van der Waals surface area (Å²) in [7, 11) is 2.00. The zero-order valence-electron chi connectivity index (χ0n) is 14.8. The van der Waals surface area contributed by atoms with Gasteiger partial charge in [-0.3, -0.25) is 4.90 Å². The van der Waals surface area contributed by atoms with Crippen molar-refractivity contribution in [2.75, 3.05) is 0 Å². The average molecular weight is 338 g/mol. The third kappa shape index (κ3) is 2.95. The monoisotopic (exact) mass is 338 g/mol. The lowest BCUT2D eigenvalue weighted by molar-refractivity contribution is 0.132. The van der Waals surface area contributed by atoms with E-state index in [-0.39, 0.29) is 6.04 Å². The SMILES string of the molecule is CCc1nnc(C2Cc3ccccc3CN2Cc2nnc(C)n2C)o1. The molecule has 25 heavy (non-hydrogen) atoms. The molecule has 1 aromatic carbocycles. The van der Waals surface area contributed by atoms with Crippen molar-refractivity contribution in [1.29, 1.82) is 0 Å². The molecule has 0 aliphatic carbocycles. The van der Waals surface area contributed by atoms with Crippen molar-refractivity contribution in [3.05, 3.63) is 58.8 Å². The van der Waals surface area contributed by atoms with Crippen LogP contribution in [0, 0.1) is 6.92 Å². The standard InChI is InChI=1S/C18H22N6O/c1-4-17-21-22-18(25-17)15-9-13-7-5-6-8-14(13)10-24(15)11-16-20-19-12(2)23(16)3/h5-8,15H,4,9-11H2,1-3H3. The maximum Gasteiger partial charge on any atom is 0.233 e. The Bertz CT molecular complexity index is 883. The fraction of sp³-hybridized carbons (Fsp3) is 0.444. The van der Waals surface area contributed by atoms with E-state index in [2.05, 4.69) is 49.6 Å². The van der Waals surface area contributed by atoms with Crippen molar-refractivity contribution in [3.8, 4) is 0 Å². The Morgan fingerprint density at radius 3 is 2.60 bits per heavy atom. The van der Waals surface area contributed by atoms with E-state index in [0.717, 1.165) is 31.0 Å². The second-order valence-electron chi connectivity index (χ2n) is 6.50. The van der Waals surface area contributed by atoms with Gasteiger partial charge in [0.1, 0.15) is 11.6 Å². The van der Waals surface area contributed by atoms with E-state index < -0.39 is 0 Å². The van der Waals surface area contributed by atoms with E-state index in [0.29, 0.717) is 18.3 Å². The molecule has 0 amide bonds. The van der Waals surface area contributed by atoms with Crippen LogP contribution in [0.2, 0.25) is 0 Å². The highest BCUT2D eigenvalue weighted by molar-refractivity contribution is 5.30. The van der Waals surface area contributed by atoms with Crippen molar-refractivity contribution in [3.63, 3.8) is 0 Å². The smallest absolute Gasteiger partial charge is 0.233 e. The van der Waals surface area contributed by atoms with Gasteiger partial charge in [-0.1, -0.05) is 31.2 Å². The van der Waals surface area contributed by atoms with Crippen molar-refractivity contribution >= 4 is 0 Å². The lowest BCUT2D eigenvalue weighted by atomic mass is 9.94. The van der Waals surface area contributed by atoms with E-state index in [1.165, 1.54) is 11.1 Å². The first-order valence-electron chi connectivity index (χ1n) is 8.63. The van der Waals surface area contributed by atoms with Crippen LogP contribution in [0.5, 0.6) is 0 Å². The van der Waals surface area contributed by atoms with Gasteiger partial charge in [0.05, 0.1) is 12.6 Å². The molecular formula is C18H22N6O. The van der Waals surface area contributed by atoms with Crippen LogP contribution in [-0.2, 0) is 33.0 Å². The third-order valence-electron chi connectivity index (χ3n) is 4.94. The van der Waals surface area contributed by atoms with Crippen molar-refractivity contribution < 1.29 is 4.42 Å². The molecule has 0 fully saturated rings. The predicted octanol–water partition coefficient (Wildman–Crippen LogP) is 2.37. The summed E-state index contributed by atoms with van der Waals surface area (Å²) in [6.07, 6.45) is 1.61. The van der Waals surface area contributed by atoms with Crippen LogP contribution in [-0.4, -0.2) is 29.9 Å².